The second-order valence-electron chi connectivity index (χ2n) is 5.07. The fourth-order valence-electron chi connectivity index (χ4n) is 1.79. The number of aromatic nitrogens is 2. The molecule has 2 aromatic rings. The van der Waals surface area contributed by atoms with Gasteiger partial charge in [0.2, 0.25) is 0 Å². The van der Waals surface area contributed by atoms with E-state index in [1.807, 2.05) is 24.3 Å². The molecule has 1 aromatic heterocycles. The van der Waals surface area contributed by atoms with Crippen molar-refractivity contribution in [1.82, 2.24) is 9.78 Å². The minimum atomic E-state index is -0.983. The zero-order chi connectivity index (χ0) is 14.7. The number of aryl methyl sites for hydroxylation is 1. The van der Waals surface area contributed by atoms with Gasteiger partial charge in [0.15, 0.2) is 0 Å². The highest BCUT2D eigenvalue weighted by molar-refractivity contribution is 5.87. The summed E-state index contributed by atoms with van der Waals surface area (Å²) in [6.45, 7) is 4.86. The average molecular weight is 274 g/mol. The molecule has 1 heterocycles. The largest absolute Gasteiger partial charge is 0.493 e. The normalized spacial score (nSPS) is 10.8. The van der Waals surface area contributed by atoms with Gasteiger partial charge in [0.25, 0.3) is 0 Å². The third kappa shape index (κ3) is 3.17. The number of carboxylic acid groups (broad SMARTS) is 1. The molecule has 0 radical (unpaired) electrons. The summed E-state index contributed by atoms with van der Waals surface area (Å²) in [6, 6.07) is 9.05. The molecule has 0 atom stereocenters. The van der Waals surface area contributed by atoms with E-state index in [1.165, 1.54) is 4.68 Å². The molecule has 0 saturated carbocycles. The lowest BCUT2D eigenvalue weighted by molar-refractivity contribution is 0.0685. The first-order valence-corrected chi connectivity index (χ1v) is 6.48. The summed E-state index contributed by atoms with van der Waals surface area (Å²) in [6.07, 6.45) is 0. The molecule has 5 nitrogen and oxygen atoms in total. The smallest absolute Gasteiger partial charge is 0.354 e. The number of carbonyl (C=O) groups is 1. The average Bonchev–Trinajstić information content (AvgIpc) is 2.79. The van der Waals surface area contributed by atoms with Crippen LogP contribution in [0.15, 0.2) is 30.3 Å². The number of ether oxygens (including phenoxy) is 1. The summed E-state index contributed by atoms with van der Waals surface area (Å²) in [7, 11) is 1.62. The van der Waals surface area contributed by atoms with E-state index in [0.29, 0.717) is 18.2 Å². The Bertz CT molecular complexity index is 600. The molecule has 0 aliphatic heterocycles. The minimum Gasteiger partial charge on any atom is -0.493 e. The van der Waals surface area contributed by atoms with E-state index in [0.717, 1.165) is 11.3 Å². The first kappa shape index (κ1) is 14.1. The number of hydrogen-bond acceptors (Lipinski definition) is 3. The maximum Gasteiger partial charge on any atom is 0.354 e. The van der Waals surface area contributed by atoms with E-state index in [9.17, 15) is 4.79 Å². The van der Waals surface area contributed by atoms with E-state index in [4.69, 9.17) is 9.84 Å². The quantitative estimate of drug-likeness (QED) is 0.910. The Balaban J connectivity index is 2.17. The highest BCUT2D eigenvalue weighted by atomic mass is 16.5. The summed E-state index contributed by atoms with van der Waals surface area (Å²) in [5.74, 6) is 0.295. The Morgan fingerprint density at radius 2 is 2.00 bits per heavy atom. The Morgan fingerprint density at radius 3 is 2.50 bits per heavy atom. The molecule has 0 aliphatic rings. The van der Waals surface area contributed by atoms with Crippen LogP contribution in [0.25, 0.3) is 11.3 Å². The molecule has 0 fully saturated rings. The highest BCUT2D eigenvalue weighted by Crippen LogP contribution is 2.22. The third-order valence-corrected chi connectivity index (χ3v) is 2.83. The molecule has 106 valence electrons. The SMILES string of the molecule is CC(C)COc1ccc(-c2cc(C(=O)O)n(C)n2)cc1. The molecule has 0 saturated heterocycles. The van der Waals surface area contributed by atoms with Crippen LogP contribution in [-0.4, -0.2) is 27.5 Å². The molecule has 0 amide bonds. The Hall–Kier alpha value is -2.30. The highest BCUT2D eigenvalue weighted by Gasteiger charge is 2.12. The van der Waals surface area contributed by atoms with Crippen molar-refractivity contribution in [1.29, 1.82) is 0 Å². The van der Waals surface area contributed by atoms with Gasteiger partial charge in [-0.05, 0) is 36.2 Å². The van der Waals surface area contributed by atoms with Crippen LogP contribution >= 0.6 is 0 Å². The number of nitrogens with zero attached hydrogens (tertiary/aromatic N) is 2. The number of hydrogen-bond donors (Lipinski definition) is 1. The molecule has 2 rings (SSSR count). The summed E-state index contributed by atoms with van der Waals surface area (Å²) in [5, 5.41) is 13.2. The van der Waals surface area contributed by atoms with Gasteiger partial charge in [-0.15, -0.1) is 0 Å². The van der Waals surface area contributed by atoms with E-state index < -0.39 is 5.97 Å². The fourth-order valence-corrected chi connectivity index (χ4v) is 1.79. The fraction of sp³-hybridized carbons (Fsp3) is 0.333. The van der Waals surface area contributed by atoms with Crippen LogP contribution in [0.3, 0.4) is 0 Å². The van der Waals surface area contributed by atoms with Crippen molar-refractivity contribution in [2.75, 3.05) is 6.61 Å². The standard InChI is InChI=1S/C15H18N2O3/c1-10(2)9-20-12-6-4-11(5-7-12)13-8-14(15(18)19)17(3)16-13/h4-8,10H,9H2,1-3H3,(H,18,19). The lowest BCUT2D eigenvalue weighted by atomic mass is 10.1. The van der Waals surface area contributed by atoms with Crippen molar-refractivity contribution < 1.29 is 14.6 Å². The predicted octanol–water partition coefficient (Wildman–Crippen LogP) is 2.82. The summed E-state index contributed by atoms with van der Waals surface area (Å²) >= 11 is 0. The van der Waals surface area contributed by atoms with Crippen LogP contribution in [0.5, 0.6) is 5.75 Å². The molecular weight excluding hydrogens is 256 g/mol. The van der Waals surface area contributed by atoms with Crippen LogP contribution in [0.1, 0.15) is 24.3 Å². The van der Waals surface area contributed by atoms with Crippen molar-refractivity contribution in [3.05, 3.63) is 36.0 Å². The number of carboxylic acids is 1. The van der Waals surface area contributed by atoms with Gasteiger partial charge in [-0.1, -0.05) is 13.8 Å². The van der Waals surface area contributed by atoms with E-state index in [2.05, 4.69) is 18.9 Å². The second kappa shape index (κ2) is 5.77. The Labute approximate surface area is 117 Å². The molecule has 5 heteroatoms. The lowest BCUT2D eigenvalue weighted by Gasteiger charge is -2.08. The molecule has 0 aliphatic carbocycles. The lowest BCUT2D eigenvalue weighted by Crippen LogP contribution is -2.04. The van der Waals surface area contributed by atoms with E-state index in [-0.39, 0.29) is 5.69 Å². The van der Waals surface area contributed by atoms with Gasteiger partial charge in [-0.3, -0.25) is 4.68 Å². The molecule has 1 N–H and O–H groups in total. The van der Waals surface area contributed by atoms with Gasteiger partial charge in [-0.2, -0.15) is 5.10 Å². The van der Waals surface area contributed by atoms with Gasteiger partial charge in [0.1, 0.15) is 11.4 Å². The zero-order valence-electron chi connectivity index (χ0n) is 11.8. The molecule has 20 heavy (non-hydrogen) atoms. The summed E-state index contributed by atoms with van der Waals surface area (Å²) < 4.78 is 6.97. The molecular formula is C15H18N2O3. The van der Waals surface area contributed by atoms with Crippen molar-refractivity contribution in [3.63, 3.8) is 0 Å². The second-order valence-corrected chi connectivity index (χ2v) is 5.07. The Morgan fingerprint density at radius 1 is 1.35 bits per heavy atom. The van der Waals surface area contributed by atoms with Crippen molar-refractivity contribution in [2.24, 2.45) is 13.0 Å². The minimum absolute atomic E-state index is 0.167. The van der Waals surface area contributed by atoms with Crippen LogP contribution in [0.2, 0.25) is 0 Å². The molecule has 0 spiro atoms. The van der Waals surface area contributed by atoms with Gasteiger partial charge in [-0.25, -0.2) is 4.79 Å². The first-order chi connectivity index (χ1) is 9.47. The number of benzene rings is 1. The van der Waals surface area contributed by atoms with Crippen molar-refractivity contribution in [3.8, 4) is 17.0 Å². The van der Waals surface area contributed by atoms with Crippen LogP contribution in [0, 0.1) is 5.92 Å². The number of aromatic carboxylic acids is 1. The molecule has 0 unspecified atom stereocenters. The summed E-state index contributed by atoms with van der Waals surface area (Å²) in [5.41, 5.74) is 1.67. The van der Waals surface area contributed by atoms with Crippen molar-refractivity contribution in [2.45, 2.75) is 13.8 Å². The Kier molecular flexibility index (Phi) is 4.08. The summed E-state index contributed by atoms with van der Waals surface area (Å²) in [4.78, 5) is 11.0. The van der Waals surface area contributed by atoms with Gasteiger partial charge in [0.05, 0.1) is 12.3 Å². The maximum absolute atomic E-state index is 11.0. The third-order valence-electron chi connectivity index (χ3n) is 2.83. The molecule has 1 aromatic carbocycles. The van der Waals surface area contributed by atoms with Crippen LogP contribution < -0.4 is 4.74 Å². The predicted molar refractivity (Wildman–Crippen MR) is 75.9 cm³/mol. The topological polar surface area (TPSA) is 64.3 Å². The van der Waals surface area contributed by atoms with Gasteiger partial charge < -0.3 is 9.84 Å². The van der Waals surface area contributed by atoms with E-state index in [1.54, 1.807) is 13.1 Å². The number of rotatable bonds is 5. The van der Waals surface area contributed by atoms with Gasteiger partial charge >= 0.3 is 5.97 Å². The van der Waals surface area contributed by atoms with Crippen molar-refractivity contribution >= 4 is 5.97 Å². The van der Waals surface area contributed by atoms with Crippen LogP contribution in [0.4, 0.5) is 0 Å². The monoisotopic (exact) mass is 274 g/mol. The first-order valence-electron chi connectivity index (χ1n) is 6.48. The van der Waals surface area contributed by atoms with Gasteiger partial charge in [0, 0.05) is 12.6 Å². The maximum atomic E-state index is 11.0. The zero-order valence-corrected chi connectivity index (χ0v) is 11.8. The van der Waals surface area contributed by atoms with E-state index >= 15 is 0 Å². The molecule has 0 bridgehead atoms. The van der Waals surface area contributed by atoms with Crippen LogP contribution in [-0.2, 0) is 7.05 Å².